The van der Waals surface area contributed by atoms with Gasteiger partial charge in [0.15, 0.2) is 6.29 Å². The van der Waals surface area contributed by atoms with Gasteiger partial charge in [-0.05, 0) is 29.0 Å². The van der Waals surface area contributed by atoms with Crippen molar-refractivity contribution in [1.82, 2.24) is 4.90 Å². The molecule has 0 unspecified atom stereocenters. The van der Waals surface area contributed by atoms with Gasteiger partial charge in [-0.2, -0.15) is 0 Å². The van der Waals surface area contributed by atoms with Gasteiger partial charge in [0.2, 0.25) is 5.91 Å². The zero-order chi connectivity index (χ0) is 15.7. The number of phenolic OH excluding ortho intramolecular Hbond substituents is 1. The molecule has 1 N–H and O–H groups in total. The van der Waals surface area contributed by atoms with Crippen molar-refractivity contribution in [2.24, 2.45) is 0 Å². The van der Waals surface area contributed by atoms with Crippen LogP contribution in [-0.4, -0.2) is 48.4 Å². The van der Waals surface area contributed by atoms with E-state index in [0.717, 1.165) is 42.6 Å². The van der Waals surface area contributed by atoms with Gasteiger partial charge < -0.3 is 14.9 Å². The quantitative estimate of drug-likeness (QED) is 0.862. The summed E-state index contributed by atoms with van der Waals surface area (Å²) in [5.41, 5.74) is 1.39. The maximum Gasteiger partial charge on any atom is 0.219 e. The van der Waals surface area contributed by atoms with E-state index < -0.39 is 0 Å². The van der Waals surface area contributed by atoms with E-state index in [9.17, 15) is 14.7 Å². The molecule has 2 aromatic carbocycles. The Kier molecular flexibility index (Phi) is 3.71. The van der Waals surface area contributed by atoms with Gasteiger partial charge in [-0.1, -0.05) is 12.1 Å². The molecule has 1 aliphatic rings. The van der Waals surface area contributed by atoms with Crippen LogP contribution in [-0.2, 0) is 4.79 Å². The molecule has 5 heteroatoms. The molecular weight excluding hydrogens is 280 g/mol. The van der Waals surface area contributed by atoms with E-state index >= 15 is 0 Å². The van der Waals surface area contributed by atoms with Gasteiger partial charge >= 0.3 is 0 Å². The molecule has 1 heterocycles. The maximum atomic E-state index is 11.4. The zero-order valence-corrected chi connectivity index (χ0v) is 12.5. The highest BCUT2D eigenvalue weighted by Gasteiger charge is 2.19. The van der Waals surface area contributed by atoms with Crippen LogP contribution in [0.2, 0.25) is 0 Å². The Morgan fingerprint density at radius 2 is 1.86 bits per heavy atom. The number of fused-ring (bicyclic) bond motifs is 1. The molecule has 0 aliphatic carbocycles. The first-order valence-electron chi connectivity index (χ1n) is 7.31. The Morgan fingerprint density at radius 3 is 2.50 bits per heavy atom. The van der Waals surface area contributed by atoms with Crippen LogP contribution in [0.5, 0.6) is 5.75 Å². The molecule has 1 aliphatic heterocycles. The van der Waals surface area contributed by atoms with Crippen LogP contribution >= 0.6 is 0 Å². The SMILES string of the molecule is CC(=O)N1CCN(c2ccc3c(C=O)c(O)ccc3c2)CC1. The van der Waals surface area contributed by atoms with Crippen LogP contribution in [0.3, 0.4) is 0 Å². The minimum absolute atomic E-state index is 0.00493. The third-order valence-corrected chi connectivity index (χ3v) is 4.23. The van der Waals surface area contributed by atoms with Crippen LogP contribution in [0.25, 0.3) is 10.8 Å². The first-order chi connectivity index (χ1) is 10.6. The van der Waals surface area contributed by atoms with E-state index in [1.54, 1.807) is 13.0 Å². The van der Waals surface area contributed by atoms with E-state index in [1.165, 1.54) is 0 Å². The summed E-state index contributed by atoms with van der Waals surface area (Å²) in [6, 6.07) is 9.20. The lowest BCUT2D eigenvalue weighted by atomic mass is 10.0. The summed E-state index contributed by atoms with van der Waals surface area (Å²) in [7, 11) is 0. The molecular formula is C17H18N2O3. The number of hydrogen-bond acceptors (Lipinski definition) is 4. The maximum absolute atomic E-state index is 11.4. The van der Waals surface area contributed by atoms with Crippen molar-refractivity contribution in [3.63, 3.8) is 0 Å². The molecule has 1 amide bonds. The summed E-state index contributed by atoms with van der Waals surface area (Å²) in [6.07, 6.45) is 0.684. The smallest absolute Gasteiger partial charge is 0.219 e. The van der Waals surface area contributed by atoms with Gasteiger partial charge in [0.25, 0.3) is 0 Å². The van der Waals surface area contributed by atoms with Gasteiger partial charge in [-0.3, -0.25) is 9.59 Å². The number of aldehydes is 1. The molecule has 1 saturated heterocycles. The van der Waals surface area contributed by atoms with Crippen LogP contribution in [0.15, 0.2) is 30.3 Å². The van der Waals surface area contributed by atoms with Crippen molar-refractivity contribution >= 4 is 28.7 Å². The lowest BCUT2D eigenvalue weighted by Crippen LogP contribution is -2.48. The summed E-state index contributed by atoms with van der Waals surface area (Å²) in [6.45, 7) is 4.64. The summed E-state index contributed by atoms with van der Waals surface area (Å²) >= 11 is 0. The number of benzene rings is 2. The Labute approximate surface area is 128 Å². The zero-order valence-electron chi connectivity index (χ0n) is 12.5. The number of phenols is 1. The molecule has 0 atom stereocenters. The minimum Gasteiger partial charge on any atom is -0.507 e. The highest BCUT2D eigenvalue weighted by atomic mass is 16.3. The molecule has 5 nitrogen and oxygen atoms in total. The average molecular weight is 298 g/mol. The monoisotopic (exact) mass is 298 g/mol. The molecule has 22 heavy (non-hydrogen) atoms. The molecule has 0 bridgehead atoms. The molecule has 0 saturated carbocycles. The summed E-state index contributed by atoms with van der Waals surface area (Å²) in [5, 5.41) is 11.4. The number of rotatable bonds is 2. The number of nitrogens with zero attached hydrogens (tertiary/aromatic N) is 2. The fraction of sp³-hybridized carbons (Fsp3) is 0.294. The van der Waals surface area contributed by atoms with E-state index in [-0.39, 0.29) is 11.7 Å². The molecule has 0 spiro atoms. The van der Waals surface area contributed by atoms with E-state index in [1.807, 2.05) is 29.2 Å². The molecule has 1 fully saturated rings. The predicted molar refractivity (Wildman–Crippen MR) is 85.5 cm³/mol. The first-order valence-corrected chi connectivity index (χ1v) is 7.31. The van der Waals surface area contributed by atoms with Crippen molar-refractivity contribution < 1.29 is 14.7 Å². The Hall–Kier alpha value is -2.56. The second-order valence-electron chi connectivity index (χ2n) is 5.51. The van der Waals surface area contributed by atoms with Gasteiger partial charge in [0.05, 0.1) is 5.56 Å². The van der Waals surface area contributed by atoms with Gasteiger partial charge in [-0.15, -0.1) is 0 Å². The molecule has 114 valence electrons. The standard InChI is InChI=1S/C17H18N2O3/c1-12(21)18-6-8-19(9-7-18)14-3-4-15-13(10-14)2-5-17(22)16(15)11-20/h2-5,10-11,22H,6-9H2,1H3. The molecule has 2 aromatic rings. The van der Waals surface area contributed by atoms with Gasteiger partial charge in [-0.25, -0.2) is 0 Å². The fourth-order valence-electron chi connectivity index (χ4n) is 2.93. The number of amides is 1. The average Bonchev–Trinajstić information content (AvgIpc) is 2.54. The molecule has 3 rings (SSSR count). The highest BCUT2D eigenvalue weighted by Crippen LogP contribution is 2.29. The van der Waals surface area contributed by atoms with Crippen molar-refractivity contribution in [2.75, 3.05) is 31.1 Å². The highest BCUT2D eigenvalue weighted by molar-refractivity contribution is 6.01. The lowest BCUT2D eigenvalue weighted by Gasteiger charge is -2.35. The van der Waals surface area contributed by atoms with Crippen molar-refractivity contribution in [1.29, 1.82) is 0 Å². The fourth-order valence-corrected chi connectivity index (χ4v) is 2.93. The second kappa shape index (κ2) is 5.67. The Bertz CT molecular complexity index is 734. The van der Waals surface area contributed by atoms with Crippen LogP contribution in [0, 0.1) is 0 Å². The van der Waals surface area contributed by atoms with Crippen molar-refractivity contribution in [3.8, 4) is 5.75 Å². The second-order valence-corrected chi connectivity index (χ2v) is 5.51. The summed E-state index contributed by atoms with van der Waals surface area (Å²) in [5.74, 6) is 0.120. The number of carbonyl (C=O) groups excluding carboxylic acids is 2. The largest absolute Gasteiger partial charge is 0.507 e. The third kappa shape index (κ3) is 2.50. The van der Waals surface area contributed by atoms with Crippen LogP contribution < -0.4 is 4.90 Å². The number of hydrogen-bond donors (Lipinski definition) is 1. The predicted octanol–water partition coefficient (Wildman–Crippen LogP) is 2.03. The topological polar surface area (TPSA) is 60.9 Å². The van der Waals surface area contributed by atoms with E-state index in [4.69, 9.17) is 0 Å². The van der Waals surface area contributed by atoms with Crippen molar-refractivity contribution in [2.45, 2.75) is 6.92 Å². The summed E-state index contributed by atoms with van der Waals surface area (Å²) in [4.78, 5) is 26.6. The number of carbonyl (C=O) groups is 2. The Balaban J connectivity index is 1.89. The number of anilines is 1. The van der Waals surface area contributed by atoms with Gasteiger partial charge in [0, 0.05) is 38.8 Å². The third-order valence-electron chi connectivity index (χ3n) is 4.23. The Morgan fingerprint density at radius 1 is 1.14 bits per heavy atom. The van der Waals surface area contributed by atoms with Crippen LogP contribution in [0.1, 0.15) is 17.3 Å². The molecule has 0 aromatic heterocycles. The normalized spacial score (nSPS) is 15.1. The minimum atomic E-state index is 0.00493. The van der Waals surface area contributed by atoms with Gasteiger partial charge in [0.1, 0.15) is 5.75 Å². The van der Waals surface area contributed by atoms with E-state index in [0.29, 0.717) is 11.8 Å². The van der Waals surface area contributed by atoms with E-state index in [2.05, 4.69) is 4.90 Å². The molecule has 0 radical (unpaired) electrons. The number of piperazine rings is 1. The van der Waals surface area contributed by atoms with Crippen molar-refractivity contribution in [3.05, 3.63) is 35.9 Å². The first kappa shape index (κ1) is 14.4. The van der Waals surface area contributed by atoms with Crippen LogP contribution in [0.4, 0.5) is 5.69 Å². The lowest BCUT2D eigenvalue weighted by molar-refractivity contribution is -0.129. The number of aromatic hydroxyl groups is 1. The summed E-state index contributed by atoms with van der Waals surface area (Å²) < 4.78 is 0.